The Balaban J connectivity index is 2.02. The fraction of sp³-hybridized carbons (Fsp3) is 0.533. The van der Waals surface area contributed by atoms with Crippen LogP contribution in [0, 0.1) is 0 Å². The van der Waals surface area contributed by atoms with Gasteiger partial charge in [0.05, 0.1) is 6.10 Å². The molecule has 1 amide bonds. The number of hydrogen-bond acceptors (Lipinski definition) is 3. The van der Waals surface area contributed by atoms with Gasteiger partial charge in [-0.1, -0.05) is 25.1 Å². The number of carbonyl (C=O) groups is 1. The summed E-state index contributed by atoms with van der Waals surface area (Å²) in [5, 5.41) is 9.27. The molecule has 3 atom stereocenters. The third-order valence-corrected chi connectivity index (χ3v) is 3.62. The number of para-hydroxylation sites is 1. The second-order valence-corrected chi connectivity index (χ2v) is 5.26. The van der Waals surface area contributed by atoms with Gasteiger partial charge in [-0.15, -0.1) is 0 Å². The number of ether oxygens (including phenoxy) is 1. The molecular formula is C15H21NO3. The summed E-state index contributed by atoms with van der Waals surface area (Å²) in [5.74, 6) is 0.847. The first-order valence-corrected chi connectivity index (χ1v) is 6.69. The third kappa shape index (κ3) is 2.89. The van der Waals surface area contributed by atoms with Gasteiger partial charge in [-0.3, -0.25) is 4.79 Å². The summed E-state index contributed by atoms with van der Waals surface area (Å²) in [6, 6.07) is 7.77. The summed E-state index contributed by atoms with van der Waals surface area (Å²) in [6.07, 6.45) is -0.262. The van der Waals surface area contributed by atoms with Crippen molar-refractivity contribution in [2.45, 2.75) is 38.4 Å². The number of amides is 1. The molecule has 1 aliphatic rings. The smallest absolute Gasteiger partial charge is 0.264 e. The first kappa shape index (κ1) is 13.9. The van der Waals surface area contributed by atoms with Crippen molar-refractivity contribution in [3.63, 3.8) is 0 Å². The van der Waals surface area contributed by atoms with Crippen LogP contribution in [0.3, 0.4) is 0 Å². The van der Waals surface area contributed by atoms with Crippen molar-refractivity contribution >= 4 is 5.91 Å². The van der Waals surface area contributed by atoms with Crippen LogP contribution in [0.4, 0.5) is 0 Å². The third-order valence-electron chi connectivity index (χ3n) is 3.62. The molecule has 1 aromatic rings. The fourth-order valence-corrected chi connectivity index (χ4v) is 2.34. The van der Waals surface area contributed by atoms with Gasteiger partial charge in [-0.25, -0.2) is 0 Å². The van der Waals surface area contributed by atoms with Crippen LogP contribution in [-0.2, 0) is 4.79 Å². The van der Waals surface area contributed by atoms with Crippen molar-refractivity contribution in [2.75, 3.05) is 13.6 Å². The second-order valence-electron chi connectivity index (χ2n) is 5.26. The van der Waals surface area contributed by atoms with Crippen LogP contribution in [-0.4, -0.2) is 41.7 Å². The Morgan fingerprint density at radius 1 is 1.47 bits per heavy atom. The first-order valence-electron chi connectivity index (χ1n) is 6.69. The molecule has 1 heterocycles. The highest BCUT2D eigenvalue weighted by Gasteiger charge is 2.37. The highest BCUT2D eigenvalue weighted by atomic mass is 16.5. The van der Waals surface area contributed by atoms with Crippen molar-refractivity contribution in [3.8, 4) is 5.75 Å². The van der Waals surface area contributed by atoms with Gasteiger partial charge in [0, 0.05) is 25.1 Å². The second kappa shape index (κ2) is 5.61. The largest absolute Gasteiger partial charge is 0.480 e. The summed E-state index contributed by atoms with van der Waals surface area (Å²) in [5.41, 5.74) is 1.09. The molecule has 0 bridgehead atoms. The summed E-state index contributed by atoms with van der Waals surface area (Å²) in [7, 11) is 1.75. The number of rotatable bonds is 4. The van der Waals surface area contributed by atoms with Crippen molar-refractivity contribution in [2.24, 2.45) is 0 Å². The molecule has 0 radical (unpaired) electrons. The molecule has 3 unspecified atom stereocenters. The molecule has 0 spiro atoms. The number of carbonyl (C=O) groups excluding carboxylic acids is 1. The van der Waals surface area contributed by atoms with Gasteiger partial charge in [0.2, 0.25) is 0 Å². The number of benzene rings is 1. The lowest BCUT2D eigenvalue weighted by atomic mass is 9.97. The molecule has 19 heavy (non-hydrogen) atoms. The van der Waals surface area contributed by atoms with E-state index < -0.39 is 12.2 Å². The predicted molar refractivity (Wildman–Crippen MR) is 73.2 cm³/mol. The van der Waals surface area contributed by atoms with Crippen LogP contribution >= 0.6 is 0 Å². The number of aliphatic hydroxyl groups is 1. The van der Waals surface area contributed by atoms with Crippen LogP contribution in [0.1, 0.15) is 31.7 Å². The zero-order chi connectivity index (χ0) is 14.0. The SMILES string of the molecule is CC(O)CCN(C)C(=O)C1Oc2ccccc2C1C. The van der Waals surface area contributed by atoms with E-state index in [1.165, 1.54) is 0 Å². The van der Waals surface area contributed by atoms with Crippen LogP contribution in [0.25, 0.3) is 0 Å². The van der Waals surface area contributed by atoms with Crippen LogP contribution < -0.4 is 4.74 Å². The zero-order valence-corrected chi connectivity index (χ0v) is 11.7. The average Bonchev–Trinajstić information content (AvgIpc) is 2.73. The van der Waals surface area contributed by atoms with E-state index in [-0.39, 0.29) is 11.8 Å². The topological polar surface area (TPSA) is 49.8 Å². The van der Waals surface area contributed by atoms with Crippen LogP contribution in [0.15, 0.2) is 24.3 Å². The quantitative estimate of drug-likeness (QED) is 0.901. The lowest BCUT2D eigenvalue weighted by Gasteiger charge is -2.23. The lowest BCUT2D eigenvalue weighted by Crippen LogP contribution is -2.41. The van der Waals surface area contributed by atoms with E-state index in [9.17, 15) is 9.90 Å². The van der Waals surface area contributed by atoms with Gasteiger partial charge in [0.25, 0.3) is 5.91 Å². The fourth-order valence-electron chi connectivity index (χ4n) is 2.34. The number of likely N-dealkylation sites (N-methyl/N-ethyl adjacent to an activating group) is 1. The maximum atomic E-state index is 12.4. The van der Waals surface area contributed by atoms with Crippen molar-refractivity contribution in [3.05, 3.63) is 29.8 Å². The van der Waals surface area contributed by atoms with Gasteiger partial charge in [0.15, 0.2) is 6.10 Å². The minimum Gasteiger partial charge on any atom is -0.480 e. The first-order chi connectivity index (χ1) is 9.00. The predicted octanol–water partition coefficient (Wildman–Crippen LogP) is 1.78. The molecule has 0 aliphatic carbocycles. The van der Waals surface area contributed by atoms with E-state index in [0.29, 0.717) is 13.0 Å². The van der Waals surface area contributed by atoms with Crippen LogP contribution in [0.5, 0.6) is 5.75 Å². The number of aliphatic hydroxyl groups excluding tert-OH is 1. The standard InChI is InChI=1S/C15H21NO3/c1-10(17)8-9-16(3)15(18)14-11(2)12-6-4-5-7-13(12)19-14/h4-7,10-11,14,17H,8-9H2,1-3H3. The molecule has 4 nitrogen and oxygen atoms in total. The molecule has 2 rings (SSSR count). The van der Waals surface area contributed by atoms with Gasteiger partial charge in [0.1, 0.15) is 5.75 Å². The molecule has 4 heteroatoms. The van der Waals surface area contributed by atoms with Crippen molar-refractivity contribution in [1.29, 1.82) is 0 Å². The molecule has 1 N–H and O–H groups in total. The Kier molecular flexibility index (Phi) is 4.10. The average molecular weight is 263 g/mol. The molecule has 0 aromatic heterocycles. The van der Waals surface area contributed by atoms with E-state index in [1.54, 1.807) is 18.9 Å². The minimum absolute atomic E-state index is 0.0237. The molecule has 1 aromatic carbocycles. The normalized spacial score (nSPS) is 22.5. The molecule has 104 valence electrons. The Labute approximate surface area is 114 Å². The molecular weight excluding hydrogens is 242 g/mol. The van der Waals surface area contributed by atoms with Gasteiger partial charge >= 0.3 is 0 Å². The number of fused-ring (bicyclic) bond motifs is 1. The minimum atomic E-state index is -0.448. The highest BCUT2D eigenvalue weighted by molar-refractivity contribution is 5.83. The lowest BCUT2D eigenvalue weighted by molar-refractivity contribution is -0.137. The van der Waals surface area contributed by atoms with Gasteiger partial charge in [-0.2, -0.15) is 0 Å². The number of hydrogen-bond donors (Lipinski definition) is 1. The summed E-state index contributed by atoms with van der Waals surface area (Å²) >= 11 is 0. The molecule has 0 fully saturated rings. The van der Waals surface area contributed by atoms with E-state index in [4.69, 9.17) is 4.74 Å². The summed E-state index contributed by atoms with van der Waals surface area (Å²) < 4.78 is 5.76. The monoisotopic (exact) mass is 263 g/mol. The zero-order valence-electron chi connectivity index (χ0n) is 11.7. The van der Waals surface area contributed by atoms with E-state index >= 15 is 0 Å². The Hall–Kier alpha value is -1.55. The van der Waals surface area contributed by atoms with Crippen molar-refractivity contribution in [1.82, 2.24) is 4.90 Å². The molecule has 1 aliphatic heterocycles. The van der Waals surface area contributed by atoms with Gasteiger partial charge < -0.3 is 14.7 Å². The number of nitrogens with zero attached hydrogens (tertiary/aromatic N) is 1. The Bertz CT molecular complexity index is 458. The van der Waals surface area contributed by atoms with E-state index in [0.717, 1.165) is 11.3 Å². The van der Waals surface area contributed by atoms with E-state index in [2.05, 4.69) is 0 Å². The van der Waals surface area contributed by atoms with E-state index in [1.807, 2.05) is 31.2 Å². The maximum Gasteiger partial charge on any atom is 0.264 e. The summed E-state index contributed by atoms with van der Waals surface area (Å²) in [6.45, 7) is 4.28. The van der Waals surface area contributed by atoms with Crippen LogP contribution in [0.2, 0.25) is 0 Å². The Morgan fingerprint density at radius 2 is 2.16 bits per heavy atom. The molecule has 0 saturated carbocycles. The van der Waals surface area contributed by atoms with Gasteiger partial charge in [-0.05, 0) is 19.4 Å². The summed E-state index contributed by atoms with van der Waals surface area (Å²) in [4.78, 5) is 14.0. The Morgan fingerprint density at radius 3 is 2.79 bits per heavy atom. The highest BCUT2D eigenvalue weighted by Crippen LogP contribution is 2.38. The molecule has 0 saturated heterocycles. The maximum absolute atomic E-state index is 12.4. The van der Waals surface area contributed by atoms with Crippen molar-refractivity contribution < 1.29 is 14.6 Å².